The summed E-state index contributed by atoms with van der Waals surface area (Å²) in [5, 5.41) is 3.89. The van der Waals surface area contributed by atoms with Gasteiger partial charge in [0.2, 0.25) is 5.82 Å². The number of hydrogen-bond donors (Lipinski definition) is 0. The zero-order valence-corrected chi connectivity index (χ0v) is 12.2. The Balaban J connectivity index is 2.01. The van der Waals surface area contributed by atoms with Crippen molar-refractivity contribution in [1.29, 1.82) is 0 Å². The van der Waals surface area contributed by atoms with Gasteiger partial charge in [0.15, 0.2) is 0 Å². The number of aromatic nitrogens is 2. The summed E-state index contributed by atoms with van der Waals surface area (Å²) in [7, 11) is 1.53. The van der Waals surface area contributed by atoms with E-state index in [0.717, 1.165) is 5.56 Å². The van der Waals surface area contributed by atoms with Crippen molar-refractivity contribution in [2.24, 2.45) is 0 Å². The molecule has 1 heterocycles. The lowest BCUT2D eigenvalue weighted by atomic mass is 10.2. The number of rotatable bonds is 3. The summed E-state index contributed by atoms with van der Waals surface area (Å²) in [6.07, 6.45) is 0. The van der Waals surface area contributed by atoms with Crippen molar-refractivity contribution in [2.75, 3.05) is 0 Å². The van der Waals surface area contributed by atoms with Crippen LogP contribution in [0.4, 0.5) is 0 Å². The van der Waals surface area contributed by atoms with Crippen LogP contribution in [0.2, 0.25) is 0 Å². The lowest BCUT2D eigenvalue weighted by Gasteiger charge is -1.98. The van der Waals surface area contributed by atoms with Crippen molar-refractivity contribution in [2.45, 2.75) is 4.90 Å². The van der Waals surface area contributed by atoms with E-state index in [4.69, 9.17) is 15.2 Å². The van der Waals surface area contributed by atoms with Crippen LogP contribution < -0.4 is 0 Å². The van der Waals surface area contributed by atoms with Crippen LogP contribution in [0, 0.1) is 0 Å². The first-order valence-electron chi connectivity index (χ1n) is 5.98. The van der Waals surface area contributed by atoms with Gasteiger partial charge in [-0.1, -0.05) is 41.6 Å². The van der Waals surface area contributed by atoms with Crippen molar-refractivity contribution in [3.63, 3.8) is 0 Å². The Morgan fingerprint density at radius 2 is 1.67 bits per heavy atom. The van der Waals surface area contributed by atoms with Crippen molar-refractivity contribution in [3.05, 3.63) is 54.6 Å². The predicted octanol–water partition coefficient (Wildman–Crippen LogP) is 3.33. The Morgan fingerprint density at radius 1 is 0.952 bits per heavy atom. The Bertz CT molecular complexity index is 876. The number of benzene rings is 2. The fraction of sp³-hybridized carbons (Fsp3) is 0. The quantitative estimate of drug-likeness (QED) is 0.692. The third-order valence-corrected chi connectivity index (χ3v) is 4.17. The van der Waals surface area contributed by atoms with Gasteiger partial charge in [0, 0.05) is 21.8 Å². The van der Waals surface area contributed by atoms with E-state index in [1.165, 1.54) is 12.1 Å². The Labute approximate surface area is 125 Å². The fourth-order valence-electron chi connectivity index (χ4n) is 1.83. The topological polar surface area (TPSA) is 73.1 Å². The van der Waals surface area contributed by atoms with Crippen LogP contribution in [-0.4, -0.2) is 18.6 Å². The van der Waals surface area contributed by atoms with Gasteiger partial charge in [0.05, 0.1) is 4.90 Å². The van der Waals surface area contributed by atoms with Gasteiger partial charge in [-0.2, -0.15) is 4.98 Å². The molecule has 7 heteroatoms. The maximum atomic E-state index is 11.3. The average Bonchev–Trinajstić information content (AvgIpc) is 2.97. The summed E-state index contributed by atoms with van der Waals surface area (Å²) in [6.45, 7) is 0. The highest BCUT2D eigenvalue weighted by Crippen LogP contribution is 2.25. The van der Waals surface area contributed by atoms with Gasteiger partial charge < -0.3 is 4.52 Å². The summed E-state index contributed by atoms with van der Waals surface area (Å²) in [6, 6.07) is 15.4. The van der Waals surface area contributed by atoms with Crippen LogP contribution >= 0.6 is 10.7 Å². The second-order valence-electron chi connectivity index (χ2n) is 4.25. The lowest BCUT2D eigenvalue weighted by molar-refractivity contribution is 0.432. The maximum absolute atomic E-state index is 11.3. The maximum Gasteiger partial charge on any atom is 0.261 e. The zero-order valence-electron chi connectivity index (χ0n) is 10.6. The van der Waals surface area contributed by atoms with E-state index in [9.17, 15) is 8.42 Å². The first kappa shape index (κ1) is 13.8. The molecule has 2 aromatic carbocycles. The van der Waals surface area contributed by atoms with E-state index < -0.39 is 9.05 Å². The monoisotopic (exact) mass is 320 g/mol. The highest BCUT2D eigenvalue weighted by Gasteiger charge is 2.14. The zero-order chi connectivity index (χ0) is 14.9. The summed E-state index contributed by atoms with van der Waals surface area (Å²) in [5.41, 5.74) is 1.31. The fourth-order valence-corrected chi connectivity index (χ4v) is 2.62. The number of nitrogens with zero attached hydrogens (tertiary/aromatic N) is 2. The van der Waals surface area contributed by atoms with Crippen LogP contribution in [0.25, 0.3) is 22.8 Å². The Morgan fingerprint density at radius 3 is 2.38 bits per heavy atom. The van der Waals surface area contributed by atoms with Gasteiger partial charge in [-0.3, -0.25) is 0 Å². The first-order chi connectivity index (χ1) is 10.0. The van der Waals surface area contributed by atoms with Crippen molar-refractivity contribution < 1.29 is 12.9 Å². The standard InChI is InChI=1S/C14H9ClN2O3S/c15-21(18,19)12-8-4-7-11(9-12)14-16-13(17-20-14)10-5-2-1-3-6-10/h1-9H. The van der Waals surface area contributed by atoms with Gasteiger partial charge >= 0.3 is 0 Å². The van der Waals surface area contributed by atoms with E-state index in [-0.39, 0.29) is 10.8 Å². The number of halogens is 1. The Hall–Kier alpha value is -2.18. The molecular weight excluding hydrogens is 312 g/mol. The van der Waals surface area contributed by atoms with Gasteiger partial charge in [-0.05, 0) is 18.2 Å². The molecule has 21 heavy (non-hydrogen) atoms. The van der Waals surface area contributed by atoms with Crippen LogP contribution in [0.1, 0.15) is 0 Å². The molecule has 0 amide bonds. The molecule has 0 aliphatic heterocycles. The normalized spacial score (nSPS) is 11.5. The average molecular weight is 321 g/mol. The van der Waals surface area contributed by atoms with Crippen LogP contribution in [0.3, 0.4) is 0 Å². The van der Waals surface area contributed by atoms with E-state index in [1.807, 2.05) is 30.3 Å². The van der Waals surface area contributed by atoms with E-state index >= 15 is 0 Å². The Kier molecular flexibility index (Phi) is 3.48. The molecule has 0 unspecified atom stereocenters. The first-order valence-corrected chi connectivity index (χ1v) is 8.29. The highest BCUT2D eigenvalue weighted by atomic mass is 35.7. The van der Waals surface area contributed by atoms with Gasteiger partial charge in [0.1, 0.15) is 0 Å². The molecule has 3 rings (SSSR count). The van der Waals surface area contributed by atoms with Crippen molar-refractivity contribution >= 4 is 19.7 Å². The largest absolute Gasteiger partial charge is 0.334 e. The minimum Gasteiger partial charge on any atom is -0.334 e. The molecule has 0 fully saturated rings. The summed E-state index contributed by atoms with van der Waals surface area (Å²) in [5.74, 6) is 0.667. The molecule has 106 valence electrons. The molecule has 0 aliphatic carbocycles. The molecule has 0 saturated carbocycles. The molecule has 0 bridgehead atoms. The molecule has 0 N–H and O–H groups in total. The molecule has 0 aliphatic rings. The minimum absolute atomic E-state index is 0.0128. The highest BCUT2D eigenvalue weighted by molar-refractivity contribution is 8.13. The second kappa shape index (κ2) is 5.31. The molecular formula is C14H9ClN2O3S. The van der Waals surface area contributed by atoms with E-state index in [0.29, 0.717) is 11.4 Å². The smallest absolute Gasteiger partial charge is 0.261 e. The lowest BCUT2D eigenvalue weighted by Crippen LogP contribution is -1.90. The molecule has 0 atom stereocenters. The third kappa shape index (κ3) is 2.96. The predicted molar refractivity (Wildman–Crippen MR) is 78.2 cm³/mol. The van der Waals surface area contributed by atoms with Crippen LogP contribution in [0.15, 0.2) is 64.0 Å². The molecule has 0 spiro atoms. The number of hydrogen-bond acceptors (Lipinski definition) is 5. The van der Waals surface area contributed by atoms with Gasteiger partial charge in [-0.25, -0.2) is 8.42 Å². The van der Waals surface area contributed by atoms with Crippen molar-refractivity contribution in [3.8, 4) is 22.8 Å². The van der Waals surface area contributed by atoms with Gasteiger partial charge in [-0.15, -0.1) is 0 Å². The van der Waals surface area contributed by atoms with E-state index in [1.54, 1.807) is 12.1 Å². The minimum atomic E-state index is -3.80. The molecule has 3 aromatic rings. The van der Waals surface area contributed by atoms with Crippen molar-refractivity contribution in [1.82, 2.24) is 10.1 Å². The molecule has 5 nitrogen and oxygen atoms in total. The molecule has 1 aromatic heterocycles. The summed E-state index contributed by atoms with van der Waals surface area (Å²) in [4.78, 5) is 4.25. The SMILES string of the molecule is O=S(=O)(Cl)c1cccc(-c2nc(-c3ccccc3)no2)c1. The van der Waals surface area contributed by atoms with Crippen LogP contribution in [0.5, 0.6) is 0 Å². The van der Waals surface area contributed by atoms with E-state index in [2.05, 4.69) is 10.1 Å². The second-order valence-corrected chi connectivity index (χ2v) is 6.82. The third-order valence-electron chi connectivity index (χ3n) is 2.82. The summed E-state index contributed by atoms with van der Waals surface area (Å²) < 4.78 is 27.9. The van der Waals surface area contributed by atoms with Gasteiger partial charge in [0.25, 0.3) is 14.9 Å². The summed E-state index contributed by atoms with van der Waals surface area (Å²) >= 11 is 0. The molecule has 0 saturated heterocycles. The van der Waals surface area contributed by atoms with Crippen LogP contribution in [-0.2, 0) is 9.05 Å². The molecule has 0 radical (unpaired) electrons.